The maximum atomic E-state index is 12.6. The van der Waals surface area contributed by atoms with E-state index in [9.17, 15) is 4.79 Å². The van der Waals surface area contributed by atoms with Gasteiger partial charge in [-0.1, -0.05) is 24.3 Å². The van der Waals surface area contributed by atoms with Crippen LogP contribution in [0.15, 0.2) is 24.3 Å². The average Bonchev–Trinajstić information content (AvgIpc) is 2.55. The van der Waals surface area contributed by atoms with E-state index in [2.05, 4.69) is 37.2 Å². The summed E-state index contributed by atoms with van der Waals surface area (Å²) in [7, 11) is 4.24. The van der Waals surface area contributed by atoms with Crippen LogP contribution in [0, 0.1) is 0 Å². The fraction of sp³-hybridized carbons (Fsp3) is 0.611. The number of hydrogen-bond acceptors (Lipinski definition) is 3. The van der Waals surface area contributed by atoms with E-state index < -0.39 is 0 Å². The summed E-state index contributed by atoms with van der Waals surface area (Å²) in [5.74, 6) is 0.235. The van der Waals surface area contributed by atoms with Gasteiger partial charge in [0.15, 0.2) is 0 Å². The summed E-state index contributed by atoms with van der Waals surface area (Å²) in [6.07, 6.45) is 3.50. The highest BCUT2D eigenvalue weighted by Crippen LogP contribution is 2.30. The van der Waals surface area contributed by atoms with E-state index in [-0.39, 0.29) is 12.0 Å². The van der Waals surface area contributed by atoms with Crippen LogP contribution in [-0.2, 0) is 16.0 Å². The molecule has 120 valence electrons. The van der Waals surface area contributed by atoms with Gasteiger partial charge >= 0.3 is 0 Å². The lowest BCUT2D eigenvalue weighted by molar-refractivity contribution is -0.136. The highest BCUT2D eigenvalue weighted by molar-refractivity contribution is 5.77. The fourth-order valence-electron chi connectivity index (χ4n) is 3.57. The number of carbonyl (C=O) groups excluding carboxylic acids is 1. The molecule has 0 saturated carbocycles. The summed E-state index contributed by atoms with van der Waals surface area (Å²) in [5.41, 5.74) is 2.53. The molecule has 1 aromatic carbocycles. The van der Waals surface area contributed by atoms with E-state index in [0.717, 1.165) is 39.0 Å². The Bertz CT molecular complexity index is 522. The first kappa shape index (κ1) is 15.5. The standard InChI is InChI=1S/C18H26N2O2/c1-19(2)15-7-10-20(11-8-15)18(21)13-17-16-6-4-3-5-14(16)9-12-22-17/h3-6,15,17H,7-13H2,1-2H3. The largest absolute Gasteiger partial charge is 0.373 e. The van der Waals surface area contributed by atoms with Crippen molar-refractivity contribution < 1.29 is 9.53 Å². The molecule has 1 aromatic rings. The zero-order valence-electron chi connectivity index (χ0n) is 13.6. The molecule has 0 spiro atoms. The van der Waals surface area contributed by atoms with Gasteiger partial charge in [0.1, 0.15) is 0 Å². The molecule has 0 aliphatic carbocycles. The summed E-state index contributed by atoms with van der Waals surface area (Å²) in [4.78, 5) is 16.9. The van der Waals surface area contributed by atoms with Crippen LogP contribution in [0.5, 0.6) is 0 Å². The minimum atomic E-state index is -0.0657. The molecule has 1 fully saturated rings. The molecule has 0 bridgehead atoms. The lowest BCUT2D eigenvalue weighted by Crippen LogP contribution is -2.44. The molecule has 4 heteroatoms. The van der Waals surface area contributed by atoms with Crippen molar-refractivity contribution in [1.82, 2.24) is 9.80 Å². The topological polar surface area (TPSA) is 32.8 Å². The van der Waals surface area contributed by atoms with Crippen molar-refractivity contribution in [3.63, 3.8) is 0 Å². The van der Waals surface area contributed by atoms with E-state index in [4.69, 9.17) is 4.74 Å². The summed E-state index contributed by atoms with van der Waals surface area (Å²) in [5, 5.41) is 0. The van der Waals surface area contributed by atoms with Crippen LogP contribution >= 0.6 is 0 Å². The zero-order chi connectivity index (χ0) is 15.5. The number of nitrogens with zero attached hydrogens (tertiary/aromatic N) is 2. The van der Waals surface area contributed by atoms with Crippen LogP contribution in [0.4, 0.5) is 0 Å². The zero-order valence-corrected chi connectivity index (χ0v) is 13.6. The van der Waals surface area contributed by atoms with Gasteiger partial charge in [0.25, 0.3) is 0 Å². The number of carbonyl (C=O) groups is 1. The predicted molar refractivity (Wildman–Crippen MR) is 86.7 cm³/mol. The number of rotatable bonds is 3. The van der Waals surface area contributed by atoms with E-state index in [0.29, 0.717) is 12.5 Å². The first-order chi connectivity index (χ1) is 10.6. The quantitative estimate of drug-likeness (QED) is 0.858. The number of piperidine rings is 1. The number of likely N-dealkylation sites (tertiary alicyclic amines) is 1. The van der Waals surface area contributed by atoms with Gasteiger partial charge in [-0.05, 0) is 44.5 Å². The molecular weight excluding hydrogens is 276 g/mol. The number of hydrogen-bond donors (Lipinski definition) is 0. The molecule has 1 unspecified atom stereocenters. The average molecular weight is 302 g/mol. The second-order valence-corrected chi connectivity index (χ2v) is 6.59. The SMILES string of the molecule is CN(C)C1CCN(C(=O)CC2OCCc3ccccc32)CC1. The molecule has 2 aliphatic heterocycles. The second-order valence-electron chi connectivity index (χ2n) is 6.59. The van der Waals surface area contributed by atoms with Gasteiger partial charge in [-0.3, -0.25) is 4.79 Å². The first-order valence-electron chi connectivity index (χ1n) is 8.29. The van der Waals surface area contributed by atoms with Crippen LogP contribution in [-0.4, -0.2) is 55.5 Å². The molecule has 2 aliphatic rings. The Hall–Kier alpha value is -1.39. The van der Waals surface area contributed by atoms with Crippen LogP contribution in [0.1, 0.15) is 36.5 Å². The van der Waals surface area contributed by atoms with Gasteiger partial charge in [0.05, 0.1) is 19.1 Å². The molecule has 1 saturated heterocycles. The maximum Gasteiger partial charge on any atom is 0.225 e. The number of fused-ring (bicyclic) bond motifs is 1. The lowest BCUT2D eigenvalue weighted by Gasteiger charge is -2.36. The van der Waals surface area contributed by atoms with Crippen molar-refractivity contribution in [3.05, 3.63) is 35.4 Å². The minimum Gasteiger partial charge on any atom is -0.373 e. The van der Waals surface area contributed by atoms with Crippen molar-refractivity contribution in [2.24, 2.45) is 0 Å². The van der Waals surface area contributed by atoms with Gasteiger partial charge in [0.2, 0.25) is 5.91 Å². The van der Waals surface area contributed by atoms with Crippen molar-refractivity contribution >= 4 is 5.91 Å². The summed E-state index contributed by atoms with van der Waals surface area (Å²) >= 11 is 0. The van der Waals surface area contributed by atoms with Gasteiger partial charge in [-0.2, -0.15) is 0 Å². The number of ether oxygens (including phenoxy) is 1. The molecule has 0 aromatic heterocycles. The summed E-state index contributed by atoms with van der Waals surface area (Å²) in [6.45, 7) is 2.46. The highest BCUT2D eigenvalue weighted by atomic mass is 16.5. The molecule has 0 N–H and O–H groups in total. The Labute approximate surface area is 133 Å². The van der Waals surface area contributed by atoms with E-state index in [1.54, 1.807) is 0 Å². The van der Waals surface area contributed by atoms with Crippen LogP contribution < -0.4 is 0 Å². The Morgan fingerprint density at radius 2 is 2.00 bits per heavy atom. The normalized spacial score (nSPS) is 22.7. The third-order valence-electron chi connectivity index (χ3n) is 5.00. The highest BCUT2D eigenvalue weighted by Gasteiger charge is 2.28. The fourth-order valence-corrected chi connectivity index (χ4v) is 3.57. The van der Waals surface area contributed by atoms with Gasteiger partial charge < -0.3 is 14.5 Å². The molecule has 1 amide bonds. The number of amides is 1. The van der Waals surface area contributed by atoms with Crippen LogP contribution in [0.3, 0.4) is 0 Å². The Morgan fingerprint density at radius 1 is 1.27 bits per heavy atom. The predicted octanol–water partition coefficient (Wildman–Crippen LogP) is 2.24. The first-order valence-corrected chi connectivity index (χ1v) is 8.29. The molecule has 22 heavy (non-hydrogen) atoms. The van der Waals surface area contributed by atoms with E-state index in [1.807, 2.05) is 11.0 Å². The molecule has 3 rings (SSSR count). The van der Waals surface area contributed by atoms with Crippen molar-refractivity contribution in [2.75, 3.05) is 33.8 Å². The van der Waals surface area contributed by atoms with Gasteiger partial charge in [-0.25, -0.2) is 0 Å². The number of benzene rings is 1. The Morgan fingerprint density at radius 3 is 2.73 bits per heavy atom. The van der Waals surface area contributed by atoms with E-state index in [1.165, 1.54) is 11.1 Å². The molecule has 2 heterocycles. The van der Waals surface area contributed by atoms with E-state index >= 15 is 0 Å². The van der Waals surface area contributed by atoms with Gasteiger partial charge in [0, 0.05) is 19.1 Å². The van der Waals surface area contributed by atoms with Crippen LogP contribution in [0.25, 0.3) is 0 Å². The smallest absolute Gasteiger partial charge is 0.225 e. The molecule has 0 radical (unpaired) electrons. The Balaban J connectivity index is 1.59. The molecule has 4 nitrogen and oxygen atoms in total. The maximum absolute atomic E-state index is 12.6. The lowest BCUT2D eigenvalue weighted by atomic mass is 9.95. The minimum absolute atomic E-state index is 0.0657. The Kier molecular flexibility index (Phi) is 4.79. The summed E-state index contributed by atoms with van der Waals surface area (Å²) < 4.78 is 5.87. The van der Waals surface area contributed by atoms with Gasteiger partial charge in [-0.15, -0.1) is 0 Å². The third kappa shape index (κ3) is 3.33. The molecular formula is C18H26N2O2. The van der Waals surface area contributed by atoms with Crippen molar-refractivity contribution in [1.29, 1.82) is 0 Å². The van der Waals surface area contributed by atoms with Crippen LogP contribution in [0.2, 0.25) is 0 Å². The van der Waals surface area contributed by atoms with Crippen molar-refractivity contribution in [3.8, 4) is 0 Å². The molecule has 1 atom stereocenters. The summed E-state index contributed by atoms with van der Waals surface area (Å²) in [6, 6.07) is 8.96. The second kappa shape index (κ2) is 6.80. The third-order valence-corrected chi connectivity index (χ3v) is 5.00. The monoisotopic (exact) mass is 302 g/mol. The van der Waals surface area contributed by atoms with Crippen molar-refractivity contribution in [2.45, 2.75) is 37.8 Å².